The van der Waals surface area contributed by atoms with Crippen molar-refractivity contribution in [2.75, 3.05) is 5.43 Å². The summed E-state index contributed by atoms with van der Waals surface area (Å²) in [5.74, 6) is -2.83. The van der Waals surface area contributed by atoms with Crippen molar-refractivity contribution in [1.29, 1.82) is 0 Å². The Morgan fingerprint density at radius 1 is 1.05 bits per heavy atom. The van der Waals surface area contributed by atoms with Gasteiger partial charge in [-0.25, -0.2) is 0 Å². The van der Waals surface area contributed by atoms with Gasteiger partial charge in [0, 0.05) is 5.02 Å². The van der Waals surface area contributed by atoms with E-state index in [1.165, 1.54) is 12.1 Å². The average Bonchev–Trinajstić information content (AvgIpc) is 2.45. The molecule has 0 heterocycles. The molecule has 0 aromatic heterocycles. The normalized spacial score (nSPS) is 20.5. The number of carboxylic acid groups (broad SMARTS) is 1. The quantitative estimate of drug-likeness (QED) is 0.562. The summed E-state index contributed by atoms with van der Waals surface area (Å²) in [4.78, 5) is 23.4. The fourth-order valence-corrected chi connectivity index (χ4v) is 3.17. The number of halogens is 3. The van der Waals surface area contributed by atoms with Gasteiger partial charge in [-0.3, -0.25) is 20.4 Å². The van der Waals surface area contributed by atoms with E-state index in [-0.39, 0.29) is 10.0 Å². The molecule has 118 valence electrons. The third kappa shape index (κ3) is 3.85. The molecule has 2 rings (SSSR count). The van der Waals surface area contributed by atoms with Crippen molar-refractivity contribution in [1.82, 2.24) is 5.43 Å². The van der Waals surface area contributed by atoms with Crippen molar-refractivity contribution in [3.63, 3.8) is 0 Å². The Balaban J connectivity index is 2.07. The zero-order valence-corrected chi connectivity index (χ0v) is 13.5. The lowest BCUT2D eigenvalue weighted by molar-refractivity contribution is -0.147. The monoisotopic (exact) mass is 362 g/mol. The number of aliphatic carboxylic acids is 1. The Morgan fingerprint density at radius 3 is 2.14 bits per heavy atom. The number of carboxylic acids is 1. The molecule has 0 fully saturated rings. The van der Waals surface area contributed by atoms with Crippen LogP contribution in [-0.4, -0.2) is 17.0 Å². The first-order valence-corrected chi connectivity index (χ1v) is 7.61. The van der Waals surface area contributed by atoms with Crippen LogP contribution in [0.1, 0.15) is 12.8 Å². The molecular weight excluding hydrogens is 351 g/mol. The number of hydrogen-bond donors (Lipinski definition) is 3. The summed E-state index contributed by atoms with van der Waals surface area (Å²) >= 11 is 17.8. The van der Waals surface area contributed by atoms with Gasteiger partial charge in [0.1, 0.15) is 0 Å². The second-order valence-electron chi connectivity index (χ2n) is 4.85. The first-order valence-electron chi connectivity index (χ1n) is 6.48. The zero-order chi connectivity index (χ0) is 16.3. The summed E-state index contributed by atoms with van der Waals surface area (Å²) in [6, 6.07) is 2.96. The number of benzene rings is 1. The summed E-state index contributed by atoms with van der Waals surface area (Å²) in [5.41, 5.74) is 5.39. The van der Waals surface area contributed by atoms with Crippen LogP contribution in [0.25, 0.3) is 0 Å². The Hall–Kier alpha value is -1.43. The third-order valence-corrected chi connectivity index (χ3v) is 4.22. The van der Waals surface area contributed by atoms with Crippen LogP contribution in [0.2, 0.25) is 15.1 Å². The van der Waals surface area contributed by atoms with E-state index in [0.717, 1.165) is 0 Å². The van der Waals surface area contributed by atoms with Gasteiger partial charge in [-0.2, -0.15) is 0 Å². The van der Waals surface area contributed by atoms with Crippen LogP contribution in [0.15, 0.2) is 24.3 Å². The molecule has 3 N–H and O–H groups in total. The SMILES string of the molecule is O=C(NNc1c(Cl)cc(Cl)cc1Cl)[C@H]1CC=CC[C@H]1C(=O)O. The number of hydrogen-bond acceptors (Lipinski definition) is 3. The van der Waals surface area contributed by atoms with Crippen LogP contribution in [0.4, 0.5) is 5.69 Å². The molecule has 0 aliphatic heterocycles. The largest absolute Gasteiger partial charge is 0.481 e. The molecular formula is C14H13Cl3N2O3. The highest BCUT2D eigenvalue weighted by molar-refractivity contribution is 6.41. The van der Waals surface area contributed by atoms with E-state index < -0.39 is 23.7 Å². The number of allylic oxidation sites excluding steroid dienone is 2. The second kappa shape index (κ2) is 7.22. The van der Waals surface area contributed by atoms with E-state index in [2.05, 4.69) is 10.9 Å². The van der Waals surface area contributed by atoms with Crippen molar-refractivity contribution in [2.24, 2.45) is 11.8 Å². The summed E-state index contributed by atoms with van der Waals surface area (Å²) in [6.45, 7) is 0. The van der Waals surface area contributed by atoms with Crippen molar-refractivity contribution >= 4 is 52.4 Å². The number of hydrazine groups is 1. The first-order chi connectivity index (χ1) is 10.4. The van der Waals surface area contributed by atoms with Crippen LogP contribution >= 0.6 is 34.8 Å². The molecule has 1 aromatic carbocycles. The van der Waals surface area contributed by atoms with E-state index in [1.54, 1.807) is 12.2 Å². The van der Waals surface area contributed by atoms with Crippen molar-refractivity contribution in [3.05, 3.63) is 39.4 Å². The van der Waals surface area contributed by atoms with E-state index >= 15 is 0 Å². The van der Waals surface area contributed by atoms with Gasteiger partial charge in [-0.05, 0) is 25.0 Å². The summed E-state index contributed by atoms with van der Waals surface area (Å²) < 4.78 is 0. The van der Waals surface area contributed by atoms with Gasteiger partial charge in [0.05, 0.1) is 27.6 Å². The molecule has 0 spiro atoms. The predicted octanol–water partition coefficient (Wildman–Crippen LogP) is 3.76. The summed E-state index contributed by atoms with van der Waals surface area (Å²) in [7, 11) is 0. The summed E-state index contributed by atoms with van der Waals surface area (Å²) in [6.07, 6.45) is 4.26. The molecule has 1 aromatic rings. The second-order valence-corrected chi connectivity index (χ2v) is 6.10. The van der Waals surface area contributed by atoms with Crippen molar-refractivity contribution in [2.45, 2.75) is 12.8 Å². The Bertz CT molecular complexity index is 611. The van der Waals surface area contributed by atoms with Crippen molar-refractivity contribution in [3.8, 4) is 0 Å². The van der Waals surface area contributed by atoms with Crippen LogP contribution in [0.3, 0.4) is 0 Å². The predicted molar refractivity (Wildman–Crippen MR) is 86.2 cm³/mol. The van der Waals surface area contributed by atoms with Crippen LogP contribution in [0.5, 0.6) is 0 Å². The lowest BCUT2D eigenvalue weighted by Crippen LogP contribution is -2.41. The summed E-state index contributed by atoms with van der Waals surface area (Å²) in [5, 5.41) is 10.0. The maximum absolute atomic E-state index is 12.2. The highest BCUT2D eigenvalue weighted by Gasteiger charge is 2.34. The standard InChI is InChI=1S/C14H13Cl3N2O3/c15-7-5-10(16)12(11(17)6-7)18-19-13(20)8-3-1-2-4-9(8)14(21)22/h1-2,5-6,8-9,18H,3-4H2,(H,19,20)(H,21,22)/t8-,9+/m0/s1. The number of rotatable bonds is 4. The van der Waals surface area contributed by atoms with Crippen molar-refractivity contribution < 1.29 is 14.7 Å². The van der Waals surface area contributed by atoms with Gasteiger partial charge in [0.15, 0.2) is 0 Å². The van der Waals surface area contributed by atoms with Crippen LogP contribution in [-0.2, 0) is 9.59 Å². The molecule has 2 atom stereocenters. The van der Waals surface area contributed by atoms with E-state index in [0.29, 0.717) is 23.6 Å². The van der Waals surface area contributed by atoms with Gasteiger partial charge in [0.2, 0.25) is 5.91 Å². The lowest BCUT2D eigenvalue weighted by Gasteiger charge is -2.24. The number of nitrogens with one attached hydrogen (secondary N) is 2. The molecule has 0 saturated carbocycles. The molecule has 22 heavy (non-hydrogen) atoms. The molecule has 0 bridgehead atoms. The smallest absolute Gasteiger partial charge is 0.307 e. The fraction of sp³-hybridized carbons (Fsp3) is 0.286. The lowest BCUT2D eigenvalue weighted by atomic mass is 9.82. The third-order valence-electron chi connectivity index (χ3n) is 3.40. The van der Waals surface area contributed by atoms with Crippen LogP contribution in [0, 0.1) is 11.8 Å². The minimum Gasteiger partial charge on any atom is -0.481 e. The number of carbonyl (C=O) groups is 2. The van der Waals surface area contributed by atoms with Crippen LogP contribution < -0.4 is 10.9 Å². The van der Waals surface area contributed by atoms with E-state index in [9.17, 15) is 14.7 Å². The van der Waals surface area contributed by atoms with E-state index in [1.807, 2.05) is 0 Å². The highest BCUT2D eigenvalue weighted by atomic mass is 35.5. The highest BCUT2D eigenvalue weighted by Crippen LogP contribution is 2.33. The fourth-order valence-electron chi connectivity index (χ4n) is 2.26. The number of carbonyl (C=O) groups excluding carboxylic acids is 1. The minimum absolute atomic E-state index is 0.246. The number of amides is 1. The Morgan fingerprint density at radius 2 is 1.59 bits per heavy atom. The molecule has 1 aliphatic carbocycles. The molecule has 1 amide bonds. The maximum atomic E-state index is 12.2. The van der Waals surface area contributed by atoms with Gasteiger partial charge in [-0.15, -0.1) is 0 Å². The topological polar surface area (TPSA) is 78.4 Å². The molecule has 1 aliphatic rings. The first kappa shape index (κ1) is 16.9. The number of anilines is 1. The van der Waals surface area contributed by atoms with Gasteiger partial charge < -0.3 is 5.11 Å². The van der Waals surface area contributed by atoms with Gasteiger partial charge in [0.25, 0.3) is 0 Å². The molecule has 8 heteroatoms. The molecule has 0 saturated heterocycles. The van der Waals surface area contributed by atoms with Gasteiger partial charge >= 0.3 is 5.97 Å². The molecule has 5 nitrogen and oxygen atoms in total. The Kier molecular flexibility index (Phi) is 5.56. The van der Waals surface area contributed by atoms with E-state index in [4.69, 9.17) is 34.8 Å². The molecule has 0 radical (unpaired) electrons. The average molecular weight is 364 g/mol. The van der Waals surface area contributed by atoms with Gasteiger partial charge in [-0.1, -0.05) is 47.0 Å². The minimum atomic E-state index is -0.993. The maximum Gasteiger partial charge on any atom is 0.307 e. The Labute approximate surface area is 142 Å². The zero-order valence-electron chi connectivity index (χ0n) is 11.3. The molecule has 0 unspecified atom stereocenters.